The first-order valence-electron chi connectivity index (χ1n) is 5.25. The van der Waals surface area contributed by atoms with Crippen LogP contribution >= 0.6 is 24.0 Å². The molecular weight excluding hydrogens is 295 g/mol. The van der Waals surface area contributed by atoms with Crippen LogP contribution < -0.4 is 5.73 Å². The van der Waals surface area contributed by atoms with Gasteiger partial charge in [-0.1, -0.05) is 23.7 Å². The third-order valence-electron chi connectivity index (χ3n) is 2.78. The van der Waals surface area contributed by atoms with Gasteiger partial charge in [0.1, 0.15) is 4.90 Å². The van der Waals surface area contributed by atoms with E-state index in [4.69, 9.17) is 17.3 Å². The van der Waals surface area contributed by atoms with E-state index >= 15 is 0 Å². The van der Waals surface area contributed by atoms with Gasteiger partial charge in [0.25, 0.3) is 0 Å². The summed E-state index contributed by atoms with van der Waals surface area (Å²) < 4.78 is 25.8. The minimum absolute atomic E-state index is 0. The van der Waals surface area contributed by atoms with Crippen molar-refractivity contribution < 1.29 is 8.42 Å². The largest absolute Gasteiger partial charge is 0.329 e. The summed E-state index contributed by atoms with van der Waals surface area (Å²) in [6.45, 7) is 3.79. The minimum Gasteiger partial charge on any atom is -0.329 e. The molecule has 1 aromatic rings. The van der Waals surface area contributed by atoms with Crippen LogP contribution in [0.15, 0.2) is 23.1 Å². The third-order valence-corrected chi connectivity index (χ3v) is 5.40. The predicted octanol–water partition coefficient (Wildman–Crippen LogP) is 2.04. The first kappa shape index (κ1) is 17.7. The van der Waals surface area contributed by atoms with Crippen LogP contribution in [0.3, 0.4) is 0 Å². The van der Waals surface area contributed by atoms with Gasteiger partial charge in [-0.3, -0.25) is 0 Å². The van der Waals surface area contributed by atoms with E-state index in [2.05, 4.69) is 0 Å². The number of hydrogen-bond acceptors (Lipinski definition) is 3. The molecule has 0 aliphatic carbocycles. The molecule has 1 atom stereocenters. The lowest BCUT2D eigenvalue weighted by Gasteiger charge is -2.23. The number of benzene rings is 1. The summed E-state index contributed by atoms with van der Waals surface area (Å²) in [5, 5.41) is 0.267. The van der Waals surface area contributed by atoms with Crippen molar-refractivity contribution in [3.05, 3.63) is 28.8 Å². The highest BCUT2D eigenvalue weighted by molar-refractivity contribution is 7.89. The van der Waals surface area contributed by atoms with Crippen molar-refractivity contribution in [2.45, 2.75) is 24.8 Å². The van der Waals surface area contributed by atoms with E-state index in [1.54, 1.807) is 26.0 Å². The Bertz CT molecular complexity index is 506. The normalized spacial score (nSPS) is 13.2. The molecule has 2 N–H and O–H groups in total. The molecule has 1 aromatic carbocycles. The van der Waals surface area contributed by atoms with Crippen LogP contribution in [0.1, 0.15) is 12.5 Å². The highest BCUT2D eigenvalue weighted by Crippen LogP contribution is 2.27. The molecule has 1 unspecified atom stereocenters. The van der Waals surface area contributed by atoms with Crippen molar-refractivity contribution in [3.63, 3.8) is 0 Å². The lowest BCUT2D eigenvalue weighted by atomic mass is 10.2. The van der Waals surface area contributed by atoms with E-state index in [9.17, 15) is 8.42 Å². The molecular formula is C11H18Cl2N2O2S. The fourth-order valence-electron chi connectivity index (χ4n) is 1.36. The van der Waals surface area contributed by atoms with Gasteiger partial charge in [0.15, 0.2) is 0 Å². The molecule has 0 spiro atoms. The van der Waals surface area contributed by atoms with Crippen molar-refractivity contribution in [2.75, 3.05) is 13.6 Å². The Labute approximate surface area is 120 Å². The zero-order chi connectivity index (χ0) is 13.2. The van der Waals surface area contributed by atoms with Crippen LogP contribution in [-0.4, -0.2) is 32.4 Å². The number of aryl methyl sites for hydroxylation is 1. The number of nitrogens with zero attached hydrogens (tertiary/aromatic N) is 1. The van der Waals surface area contributed by atoms with Gasteiger partial charge in [-0.25, -0.2) is 8.42 Å². The zero-order valence-corrected chi connectivity index (χ0v) is 12.9. The highest BCUT2D eigenvalue weighted by Gasteiger charge is 2.27. The van der Waals surface area contributed by atoms with E-state index in [1.807, 2.05) is 0 Å². The molecule has 18 heavy (non-hydrogen) atoms. The first-order valence-corrected chi connectivity index (χ1v) is 7.07. The fourth-order valence-corrected chi connectivity index (χ4v) is 3.29. The number of rotatable bonds is 4. The van der Waals surface area contributed by atoms with E-state index < -0.39 is 10.0 Å². The van der Waals surface area contributed by atoms with E-state index in [1.165, 1.54) is 17.4 Å². The van der Waals surface area contributed by atoms with Crippen LogP contribution in [0.2, 0.25) is 5.02 Å². The van der Waals surface area contributed by atoms with Gasteiger partial charge < -0.3 is 5.73 Å². The minimum atomic E-state index is -3.58. The van der Waals surface area contributed by atoms with Gasteiger partial charge >= 0.3 is 0 Å². The van der Waals surface area contributed by atoms with Crippen molar-refractivity contribution in [1.82, 2.24) is 4.31 Å². The maximum absolute atomic E-state index is 12.3. The van der Waals surface area contributed by atoms with Crippen LogP contribution in [-0.2, 0) is 10.0 Å². The van der Waals surface area contributed by atoms with Crippen LogP contribution in [0, 0.1) is 6.92 Å². The number of likely N-dealkylation sites (N-methyl/N-ethyl adjacent to an activating group) is 1. The average Bonchev–Trinajstić information content (AvgIpc) is 2.30. The summed E-state index contributed by atoms with van der Waals surface area (Å²) >= 11 is 6.03. The summed E-state index contributed by atoms with van der Waals surface area (Å²) in [6, 6.07) is 4.68. The molecule has 4 nitrogen and oxygen atoms in total. The van der Waals surface area contributed by atoms with Gasteiger partial charge in [-0.2, -0.15) is 4.31 Å². The second kappa shape index (κ2) is 6.73. The Morgan fingerprint density at radius 3 is 2.50 bits per heavy atom. The monoisotopic (exact) mass is 312 g/mol. The average molecular weight is 313 g/mol. The summed E-state index contributed by atoms with van der Waals surface area (Å²) in [6.07, 6.45) is 0. The number of sulfonamides is 1. The van der Waals surface area contributed by atoms with Gasteiger partial charge in [0, 0.05) is 19.6 Å². The topological polar surface area (TPSA) is 63.4 Å². The van der Waals surface area contributed by atoms with Crippen LogP contribution in [0.4, 0.5) is 0 Å². The Morgan fingerprint density at radius 2 is 2.00 bits per heavy atom. The maximum Gasteiger partial charge on any atom is 0.244 e. The first-order chi connectivity index (χ1) is 7.82. The molecule has 0 radical (unpaired) electrons. The SMILES string of the molecule is Cc1cccc(S(=O)(=O)N(C)C(C)CN)c1Cl.Cl. The molecule has 0 amide bonds. The standard InChI is InChI=1S/C11H17ClN2O2S.ClH/c1-8-5-4-6-10(11(8)12)17(15,16)14(3)9(2)7-13;/h4-6,9H,7,13H2,1-3H3;1H. The van der Waals surface area contributed by atoms with Crippen LogP contribution in [0.25, 0.3) is 0 Å². The molecule has 0 bridgehead atoms. The van der Waals surface area contributed by atoms with Crippen molar-refractivity contribution in [2.24, 2.45) is 5.73 Å². The lowest BCUT2D eigenvalue weighted by molar-refractivity contribution is 0.394. The Kier molecular flexibility index (Phi) is 6.60. The van der Waals surface area contributed by atoms with Gasteiger partial charge in [0.05, 0.1) is 5.02 Å². The molecule has 0 fully saturated rings. The summed E-state index contributed by atoms with van der Waals surface area (Å²) in [4.78, 5) is 0.127. The zero-order valence-electron chi connectivity index (χ0n) is 10.6. The molecule has 0 saturated carbocycles. The number of halogens is 2. The smallest absolute Gasteiger partial charge is 0.244 e. The molecule has 104 valence electrons. The second-order valence-corrected chi connectivity index (χ2v) is 6.34. The molecule has 0 aliphatic heterocycles. The lowest BCUT2D eigenvalue weighted by Crippen LogP contribution is -2.39. The van der Waals surface area contributed by atoms with E-state index in [-0.39, 0.29) is 34.9 Å². The summed E-state index contributed by atoms with van der Waals surface area (Å²) in [7, 11) is -2.08. The van der Waals surface area contributed by atoms with Crippen molar-refractivity contribution >= 4 is 34.0 Å². The number of hydrogen-bond donors (Lipinski definition) is 1. The van der Waals surface area contributed by atoms with Crippen LogP contribution in [0.5, 0.6) is 0 Å². The Hall–Kier alpha value is -0.330. The van der Waals surface area contributed by atoms with Gasteiger partial charge in [-0.15, -0.1) is 12.4 Å². The fraction of sp³-hybridized carbons (Fsp3) is 0.455. The number of nitrogens with two attached hydrogens (primary N) is 1. The van der Waals surface area contributed by atoms with Crippen molar-refractivity contribution in [1.29, 1.82) is 0 Å². The van der Waals surface area contributed by atoms with Crippen molar-refractivity contribution in [3.8, 4) is 0 Å². The summed E-state index contributed by atoms with van der Waals surface area (Å²) in [5.41, 5.74) is 6.21. The molecule has 1 rings (SSSR count). The highest BCUT2D eigenvalue weighted by atomic mass is 35.5. The van der Waals surface area contributed by atoms with Gasteiger partial charge in [0.2, 0.25) is 10.0 Å². The maximum atomic E-state index is 12.3. The van der Waals surface area contributed by atoms with E-state index in [0.717, 1.165) is 5.56 Å². The molecule has 7 heteroatoms. The predicted molar refractivity (Wildman–Crippen MR) is 76.9 cm³/mol. The quantitative estimate of drug-likeness (QED) is 0.925. The Balaban J connectivity index is 0.00000289. The Morgan fingerprint density at radius 1 is 1.44 bits per heavy atom. The summed E-state index contributed by atoms with van der Waals surface area (Å²) in [5.74, 6) is 0. The second-order valence-electron chi connectivity index (χ2n) is 3.99. The molecule has 0 aliphatic rings. The molecule has 0 heterocycles. The molecule has 0 saturated heterocycles. The van der Waals surface area contributed by atoms with E-state index in [0.29, 0.717) is 0 Å². The molecule has 0 aromatic heterocycles. The third kappa shape index (κ3) is 3.36. The van der Waals surface area contributed by atoms with Gasteiger partial charge in [-0.05, 0) is 25.5 Å².